The van der Waals surface area contributed by atoms with Crippen molar-refractivity contribution in [2.75, 3.05) is 20.8 Å². The molecule has 0 N–H and O–H groups in total. The summed E-state index contributed by atoms with van der Waals surface area (Å²) < 4.78 is 15.4. The summed E-state index contributed by atoms with van der Waals surface area (Å²) in [7, 11) is 2.93. The third-order valence-electron chi connectivity index (χ3n) is 4.16. The number of hydrogen-bond donors (Lipinski definition) is 0. The van der Waals surface area contributed by atoms with Crippen molar-refractivity contribution in [3.05, 3.63) is 29.8 Å². The molecule has 7 heteroatoms. The minimum absolute atomic E-state index is 0. The van der Waals surface area contributed by atoms with E-state index in [1.165, 1.54) is 7.11 Å². The molecule has 0 saturated heterocycles. The van der Waals surface area contributed by atoms with E-state index in [1.807, 2.05) is 24.3 Å². The molecular weight excluding hydrogens is 382 g/mol. The lowest BCUT2D eigenvalue weighted by Crippen LogP contribution is -2.38. The molecule has 0 amide bonds. The molecule has 0 bridgehead atoms. The molecule has 28 heavy (non-hydrogen) atoms. The Morgan fingerprint density at radius 1 is 1.04 bits per heavy atom. The van der Waals surface area contributed by atoms with Crippen LogP contribution in [0, 0.1) is 5.92 Å². The molecular formula is C21H34ClNO5. The van der Waals surface area contributed by atoms with Gasteiger partial charge in [-0.1, -0.05) is 12.1 Å². The summed E-state index contributed by atoms with van der Waals surface area (Å²) in [6, 6.07) is 8.13. The number of carbonyl (C=O) groups is 2. The van der Waals surface area contributed by atoms with Gasteiger partial charge in [0.15, 0.2) is 5.92 Å². The molecule has 0 heterocycles. The monoisotopic (exact) mass is 415 g/mol. The second-order valence-corrected chi connectivity index (χ2v) is 7.81. The van der Waals surface area contributed by atoms with Crippen LogP contribution < -0.4 is 4.74 Å². The minimum Gasteiger partial charge on any atom is -0.497 e. The number of benzene rings is 1. The number of hydrogen-bond acceptors (Lipinski definition) is 6. The van der Waals surface area contributed by atoms with Gasteiger partial charge in [-0.15, -0.1) is 12.4 Å². The van der Waals surface area contributed by atoms with Gasteiger partial charge in [0.25, 0.3) is 0 Å². The highest BCUT2D eigenvalue weighted by Gasteiger charge is 2.32. The van der Waals surface area contributed by atoms with Crippen molar-refractivity contribution in [3.63, 3.8) is 0 Å². The van der Waals surface area contributed by atoms with Crippen molar-refractivity contribution < 1.29 is 23.8 Å². The second-order valence-electron chi connectivity index (χ2n) is 7.81. The molecule has 0 unspecified atom stereocenters. The lowest BCUT2D eigenvalue weighted by Gasteiger charge is -2.28. The van der Waals surface area contributed by atoms with E-state index in [0.717, 1.165) is 11.3 Å². The lowest BCUT2D eigenvalue weighted by atomic mass is 10.0. The number of esters is 2. The third-order valence-corrected chi connectivity index (χ3v) is 4.16. The van der Waals surface area contributed by atoms with Crippen LogP contribution >= 0.6 is 12.4 Å². The molecule has 0 aliphatic carbocycles. The topological polar surface area (TPSA) is 65.1 Å². The fourth-order valence-corrected chi connectivity index (χ4v) is 2.63. The predicted molar refractivity (Wildman–Crippen MR) is 112 cm³/mol. The van der Waals surface area contributed by atoms with Crippen molar-refractivity contribution in [1.29, 1.82) is 0 Å². The second kappa shape index (κ2) is 11.9. The normalized spacial score (nSPS) is 12.3. The van der Waals surface area contributed by atoms with E-state index in [4.69, 9.17) is 14.2 Å². The Bertz CT molecular complexity index is 610. The van der Waals surface area contributed by atoms with E-state index in [2.05, 4.69) is 18.7 Å². The Morgan fingerprint density at radius 3 is 2.04 bits per heavy atom. The van der Waals surface area contributed by atoms with Gasteiger partial charge in [-0.2, -0.15) is 0 Å². The van der Waals surface area contributed by atoms with Gasteiger partial charge in [0.05, 0.1) is 14.2 Å². The Hall–Kier alpha value is -1.79. The van der Waals surface area contributed by atoms with Crippen LogP contribution in [-0.2, 0) is 25.6 Å². The van der Waals surface area contributed by atoms with Crippen LogP contribution in [0.1, 0.15) is 46.6 Å². The van der Waals surface area contributed by atoms with Crippen molar-refractivity contribution in [1.82, 2.24) is 4.90 Å². The summed E-state index contributed by atoms with van der Waals surface area (Å²) in [6.07, 6.45) is 0.343. The van der Waals surface area contributed by atoms with E-state index >= 15 is 0 Å². The van der Waals surface area contributed by atoms with Crippen LogP contribution in [0.2, 0.25) is 0 Å². The summed E-state index contributed by atoms with van der Waals surface area (Å²) in [5.41, 5.74) is 0.487. The first-order valence-corrected chi connectivity index (χ1v) is 9.25. The van der Waals surface area contributed by atoms with Gasteiger partial charge in [-0.25, -0.2) is 0 Å². The number of ether oxygens (including phenoxy) is 3. The van der Waals surface area contributed by atoms with Crippen LogP contribution in [0.3, 0.4) is 0 Å². The van der Waals surface area contributed by atoms with Crippen molar-refractivity contribution >= 4 is 24.3 Å². The van der Waals surface area contributed by atoms with E-state index in [-0.39, 0.29) is 18.4 Å². The van der Waals surface area contributed by atoms with Gasteiger partial charge in [0.1, 0.15) is 11.4 Å². The highest BCUT2D eigenvalue weighted by atomic mass is 35.5. The molecule has 6 nitrogen and oxygen atoms in total. The summed E-state index contributed by atoms with van der Waals surface area (Å²) in [5, 5.41) is 0. The zero-order valence-corrected chi connectivity index (χ0v) is 18.8. The first-order chi connectivity index (χ1) is 12.6. The molecule has 0 saturated carbocycles. The molecule has 160 valence electrons. The third kappa shape index (κ3) is 8.93. The number of nitrogens with zero attached hydrogens (tertiary/aromatic N) is 1. The summed E-state index contributed by atoms with van der Waals surface area (Å²) in [6.45, 7) is 10.8. The molecule has 0 spiro atoms. The molecule has 1 aromatic carbocycles. The van der Waals surface area contributed by atoms with Gasteiger partial charge in [0, 0.05) is 19.1 Å². The van der Waals surface area contributed by atoms with Gasteiger partial charge in [-0.3, -0.25) is 14.5 Å². The predicted octanol–water partition coefficient (Wildman–Crippen LogP) is 3.85. The number of carbonyl (C=O) groups excluding carboxylic acids is 2. The molecule has 1 aromatic rings. The van der Waals surface area contributed by atoms with Crippen molar-refractivity contribution in [2.45, 2.75) is 59.2 Å². The average molecular weight is 416 g/mol. The van der Waals surface area contributed by atoms with Crippen molar-refractivity contribution in [3.8, 4) is 5.75 Å². The maximum absolute atomic E-state index is 12.4. The average Bonchev–Trinajstić information content (AvgIpc) is 2.59. The van der Waals surface area contributed by atoms with Crippen LogP contribution in [0.15, 0.2) is 24.3 Å². The van der Waals surface area contributed by atoms with E-state index in [1.54, 1.807) is 27.9 Å². The standard InChI is InChI=1S/C21H33NO5.ClH/c1-15(2)22(14-16-8-10-17(25-6)11-9-16)13-12-18(19(23)26-7)20(24)27-21(3,4)5;/h8-11,15,18H,12-14H2,1-7H3;1H/t18-;/m0./s1. The quantitative estimate of drug-likeness (QED) is 0.451. The Kier molecular flexibility index (Phi) is 11.2. The first kappa shape index (κ1) is 26.2. The SMILES string of the molecule is COC(=O)[C@H](CCN(Cc1ccc(OC)cc1)C(C)C)C(=O)OC(C)(C)C.Cl. The zero-order chi connectivity index (χ0) is 20.6. The maximum atomic E-state index is 12.4. The van der Waals surface area contributed by atoms with Crippen molar-refractivity contribution in [2.24, 2.45) is 5.92 Å². The first-order valence-electron chi connectivity index (χ1n) is 9.25. The smallest absolute Gasteiger partial charge is 0.320 e. The highest BCUT2D eigenvalue weighted by molar-refractivity contribution is 5.95. The van der Waals surface area contributed by atoms with Gasteiger partial charge >= 0.3 is 11.9 Å². The van der Waals surface area contributed by atoms with E-state index < -0.39 is 23.5 Å². The number of rotatable bonds is 9. The Labute approximate surface area is 174 Å². The highest BCUT2D eigenvalue weighted by Crippen LogP contribution is 2.18. The van der Waals surface area contributed by atoms with Crippen LogP contribution in [0.4, 0.5) is 0 Å². The van der Waals surface area contributed by atoms with Gasteiger partial charge in [0.2, 0.25) is 0 Å². The summed E-state index contributed by atoms with van der Waals surface area (Å²) in [5.74, 6) is -1.21. The van der Waals surface area contributed by atoms with E-state index in [0.29, 0.717) is 19.5 Å². The maximum Gasteiger partial charge on any atom is 0.320 e. The van der Waals surface area contributed by atoms with Crippen LogP contribution in [0.5, 0.6) is 5.75 Å². The Balaban J connectivity index is 0.00000729. The summed E-state index contributed by atoms with van der Waals surface area (Å²) >= 11 is 0. The molecule has 1 atom stereocenters. The van der Waals surface area contributed by atoms with Gasteiger partial charge in [-0.05, 0) is 58.7 Å². The van der Waals surface area contributed by atoms with E-state index in [9.17, 15) is 9.59 Å². The molecule has 0 aliphatic rings. The fourth-order valence-electron chi connectivity index (χ4n) is 2.63. The number of methoxy groups -OCH3 is 2. The molecule has 0 fully saturated rings. The Morgan fingerprint density at radius 2 is 1.61 bits per heavy atom. The molecule has 0 aliphatic heterocycles. The largest absolute Gasteiger partial charge is 0.497 e. The van der Waals surface area contributed by atoms with Crippen LogP contribution in [0.25, 0.3) is 0 Å². The minimum atomic E-state index is -0.925. The molecule has 0 radical (unpaired) electrons. The van der Waals surface area contributed by atoms with Crippen LogP contribution in [-0.4, -0.2) is 49.2 Å². The summed E-state index contributed by atoms with van der Waals surface area (Å²) in [4.78, 5) is 26.7. The fraction of sp³-hybridized carbons (Fsp3) is 0.619. The molecule has 0 aromatic heterocycles. The number of halogens is 1. The molecule has 1 rings (SSSR count). The van der Waals surface area contributed by atoms with Gasteiger partial charge < -0.3 is 14.2 Å². The zero-order valence-electron chi connectivity index (χ0n) is 18.0. The lowest BCUT2D eigenvalue weighted by molar-refractivity contribution is -0.168.